The molecule has 0 aliphatic rings. The van der Waals surface area contributed by atoms with Crippen LogP contribution in [0.5, 0.6) is 11.5 Å². The van der Waals surface area contributed by atoms with Gasteiger partial charge in [0, 0.05) is 21.1 Å². The molecule has 1 aromatic heterocycles. The maximum absolute atomic E-state index is 13.4. The second-order valence-corrected chi connectivity index (χ2v) is 10.7. The molecule has 0 saturated heterocycles. The Bertz CT molecular complexity index is 1620. The number of benzene rings is 3. The van der Waals surface area contributed by atoms with Crippen molar-refractivity contribution in [2.24, 2.45) is 5.10 Å². The lowest BCUT2D eigenvalue weighted by molar-refractivity contribution is -0.118. The molecule has 1 atom stereocenters. The van der Waals surface area contributed by atoms with Crippen LogP contribution in [0.3, 0.4) is 0 Å². The molecule has 1 N–H and O–H groups in total. The van der Waals surface area contributed by atoms with Crippen LogP contribution < -0.4 is 20.3 Å². The molecule has 0 aliphatic heterocycles. The fourth-order valence-electron chi connectivity index (χ4n) is 3.84. The van der Waals surface area contributed by atoms with Gasteiger partial charge in [-0.1, -0.05) is 53.0 Å². The minimum absolute atomic E-state index is 0.00438. The van der Waals surface area contributed by atoms with Crippen LogP contribution in [0.15, 0.2) is 69.0 Å². The maximum Gasteiger partial charge on any atom is 0.282 e. The first-order valence-corrected chi connectivity index (χ1v) is 14.2. The normalized spacial score (nSPS) is 12.1. The zero-order valence-corrected chi connectivity index (χ0v) is 25.2. The lowest BCUT2D eigenvalue weighted by Crippen LogP contribution is -2.23. The van der Waals surface area contributed by atoms with E-state index in [1.54, 1.807) is 42.5 Å². The summed E-state index contributed by atoms with van der Waals surface area (Å²) in [5.74, 6) is 0.739. The predicted molar refractivity (Wildman–Crippen MR) is 164 cm³/mol. The highest BCUT2D eigenvalue weighted by Gasteiger charge is 2.17. The number of rotatable bonds is 10. The minimum Gasteiger partial charge on any atom is -0.490 e. The summed E-state index contributed by atoms with van der Waals surface area (Å²) in [5, 5.41) is 8.47. The number of fused-ring (bicyclic) bond motifs is 1. The molecule has 0 radical (unpaired) electrons. The van der Waals surface area contributed by atoms with Gasteiger partial charge in [-0.25, -0.2) is 4.98 Å². The molecule has 1 heterocycles. The average Bonchev–Trinajstić information content (AvgIpc) is 2.93. The van der Waals surface area contributed by atoms with Crippen molar-refractivity contribution in [3.05, 3.63) is 90.9 Å². The van der Waals surface area contributed by atoms with Crippen molar-refractivity contribution in [1.82, 2.24) is 9.66 Å². The van der Waals surface area contributed by atoms with Gasteiger partial charge in [-0.05, 0) is 73.5 Å². The molecule has 11 heteroatoms. The molecule has 40 heavy (non-hydrogen) atoms. The number of hydrogen-bond donors (Lipinski definition) is 1. The van der Waals surface area contributed by atoms with E-state index in [-0.39, 0.29) is 34.8 Å². The Kier molecular flexibility index (Phi) is 9.84. The number of anilines is 1. The summed E-state index contributed by atoms with van der Waals surface area (Å²) >= 11 is 15.9. The van der Waals surface area contributed by atoms with E-state index in [0.717, 1.165) is 10.9 Å². The van der Waals surface area contributed by atoms with Gasteiger partial charge in [0.25, 0.3) is 11.5 Å². The van der Waals surface area contributed by atoms with E-state index >= 15 is 0 Å². The number of carbonyl (C=O) groups is 1. The highest BCUT2D eigenvalue weighted by Crippen LogP contribution is 2.36. The number of carbonyl (C=O) groups excluding carboxylic acids is 1. The van der Waals surface area contributed by atoms with E-state index in [2.05, 4.69) is 26.3 Å². The van der Waals surface area contributed by atoms with Crippen molar-refractivity contribution in [3.63, 3.8) is 0 Å². The zero-order chi connectivity index (χ0) is 28.8. The third-order valence-corrected chi connectivity index (χ3v) is 7.04. The Morgan fingerprint density at radius 3 is 2.58 bits per heavy atom. The first-order chi connectivity index (χ1) is 19.2. The Balaban J connectivity index is 1.62. The molecule has 0 unspecified atom stereocenters. The first kappa shape index (κ1) is 29.6. The van der Waals surface area contributed by atoms with Crippen molar-refractivity contribution in [2.75, 3.05) is 18.5 Å². The molecule has 8 nitrogen and oxygen atoms in total. The molecule has 0 bridgehead atoms. The number of hydrogen-bond acceptors (Lipinski definition) is 6. The Hall–Kier alpha value is -3.40. The number of ether oxygens (including phenoxy) is 2. The standard InChI is InChI=1S/C29H27BrCl2N4O4/c1-4-17(3)28-35-24-11-6-19(30)14-22(24)29(38)36(28)33-15-18-12-23(32)27(25(13-18)39-5-2)40-16-26(37)34-21-9-7-20(31)8-10-21/h6-15,17H,4-5,16H2,1-3H3,(H,34,37)/t17-/m1/s1. The molecule has 4 aromatic rings. The van der Waals surface area contributed by atoms with Gasteiger partial charge in [0.05, 0.1) is 28.7 Å². The largest absolute Gasteiger partial charge is 0.490 e. The van der Waals surface area contributed by atoms with Gasteiger partial charge < -0.3 is 14.8 Å². The molecule has 3 aromatic carbocycles. The number of aromatic nitrogens is 2. The Morgan fingerprint density at radius 1 is 1.12 bits per heavy atom. The monoisotopic (exact) mass is 644 g/mol. The molecule has 0 aliphatic carbocycles. The van der Waals surface area contributed by atoms with Crippen LogP contribution in [0.1, 0.15) is 44.5 Å². The summed E-state index contributed by atoms with van der Waals surface area (Å²) in [6.07, 6.45) is 2.30. The van der Waals surface area contributed by atoms with Crippen molar-refractivity contribution in [1.29, 1.82) is 0 Å². The number of nitrogens with one attached hydrogen (secondary N) is 1. The van der Waals surface area contributed by atoms with E-state index < -0.39 is 0 Å². The third kappa shape index (κ3) is 7.02. The van der Waals surface area contributed by atoms with Crippen LogP contribution in [-0.2, 0) is 4.79 Å². The van der Waals surface area contributed by atoms with Crippen LogP contribution in [0.2, 0.25) is 10.0 Å². The highest BCUT2D eigenvalue weighted by molar-refractivity contribution is 9.10. The van der Waals surface area contributed by atoms with Crippen LogP contribution in [-0.4, -0.2) is 35.0 Å². The maximum atomic E-state index is 13.4. The second-order valence-electron chi connectivity index (χ2n) is 8.91. The van der Waals surface area contributed by atoms with Crippen molar-refractivity contribution >= 4 is 67.8 Å². The van der Waals surface area contributed by atoms with Gasteiger partial charge in [-0.15, -0.1) is 0 Å². The van der Waals surface area contributed by atoms with Gasteiger partial charge in [0.2, 0.25) is 0 Å². The summed E-state index contributed by atoms with van der Waals surface area (Å²) < 4.78 is 13.6. The predicted octanol–water partition coefficient (Wildman–Crippen LogP) is 7.28. The van der Waals surface area contributed by atoms with Crippen LogP contribution in [0, 0.1) is 0 Å². The molecule has 0 fully saturated rings. The molecule has 4 rings (SSSR count). The minimum atomic E-state index is -0.376. The van der Waals surface area contributed by atoms with Crippen LogP contribution in [0.25, 0.3) is 10.9 Å². The molecule has 1 amide bonds. The summed E-state index contributed by atoms with van der Waals surface area (Å²) in [6.45, 7) is 5.90. The highest BCUT2D eigenvalue weighted by atomic mass is 79.9. The zero-order valence-electron chi connectivity index (χ0n) is 22.1. The number of amides is 1. The van der Waals surface area contributed by atoms with E-state index in [9.17, 15) is 9.59 Å². The summed E-state index contributed by atoms with van der Waals surface area (Å²) in [7, 11) is 0. The summed E-state index contributed by atoms with van der Waals surface area (Å²) in [4.78, 5) is 30.6. The average molecular weight is 646 g/mol. The fraction of sp³-hybridized carbons (Fsp3) is 0.241. The van der Waals surface area contributed by atoms with E-state index in [1.165, 1.54) is 10.9 Å². The fourth-order valence-corrected chi connectivity index (χ4v) is 4.60. The first-order valence-electron chi connectivity index (χ1n) is 12.6. The van der Waals surface area contributed by atoms with Gasteiger partial charge in [-0.3, -0.25) is 9.59 Å². The van der Waals surface area contributed by atoms with Gasteiger partial charge in [0.1, 0.15) is 5.82 Å². The van der Waals surface area contributed by atoms with E-state index in [1.807, 2.05) is 32.9 Å². The second kappa shape index (κ2) is 13.3. The Labute approximate surface area is 250 Å². The van der Waals surface area contributed by atoms with E-state index in [4.69, 9.17) is 37.7 Å². The molecular weight excluding hydrogens is 619 g/mol. The smallest absolute Gasteiger partial charge is 0.282 e. The van der Waals surface area contributed by atoms with E-state index in [0.29, 0.717) is 45.4 Å². The number of halogens is 3. The quantitative estimate of drug-likeness (QED) is 0.183. The summed E-state index contributed by atoms with van der Waals surface area (Å²) in [6, 6.07) is 15.4. The van der Waals surface area contributed by atoms with Crippen molar-refractivity contribution in [3.8, 4) is 11.5 Å². The lowest BCUT2D eigenvalue weighted by atomic mass is 10.1. The SMILES string of the molecule is CCOc1cc(C=Nn2c([C@H](C)CC)nc3ccc(Br)cc3c2=O)cc(Cl)c1OCC(=O)Nc1ccc(Cl)cc1. The lowest BCUT2D eigenvalue weighted by Gasteiger charge is -2.15. The van der Waals surface area contributed by atoms with Crippen LogP contribution >= 0.6 is 39.1 Å². The van der Waals surface area contributed by atoms with Crippen molar-refractivity contribution < 1.29 is 14.3 Å². The van der Waals surface area contributed by atoms with Crippen molar-refractivity contribution in [2.45, 2.75) is 33.1 Å². The number of nitrogens with zero attached hydrogens (tertiary/aromatic N) is 3. The topological polar surface area (TPSA) is 94.8 Å². The summed E-state index contributed by atoms with van der Waals surface area (Å²) in [5.41, 5.74) is 1.49. The molecular formula is C29H27BrCl2N4O4. The van der Waals surface area contributed by atoms with Crippen LogP contribution in [0.4, 0.5) is 5.69 Å². The molecule has 0 spiro atoms. The van der Waals surface area contributed by atoms with Gasteiger partial charge >= 0.3 is 0 Å². The molecule has 0 saturated carbocycles. The Morgan fingerprint density at radius 2 is 1.88 bits per heavy atom. The van der Waals surface area contributed by atoms with Gasteiger partial charge in [0.15, 0.2) is 18.1 Å². The molecule has 208 valence electrons. The van der Waals surface area contributed by atoms with Gasteiger partial charge in [-0.2, -0.15) is 9.78 Å². The third-order valence-electron chi connectivity index (χ3n) is 6.02.